The van der Waals surface area contributed by atoms with Crippen molar-refractivity contribution in [3.05, 3.63) is 48.0 Å². The van der Waals surface area contributed by atoms with Crippen molar-refractivity contribution in [3.63, 3.8) is 0 Å². The monoisotopic (exact) mass is 229 g/mol. The Morgan fingerprint density at radius 2 is 1.94 bits per heavy atom. The number of aromatic nitrogens is 3. The summed E-state index contributed by atoms with van der Waals surface area (Å²) in [5.41, 5.74) is 1.98. The minimum absolute atomic E-state index is 0.201. The van der Waals surface area contributed by atoms with E-state index < -0.39 is 0 Å². The molecule has 0 aromatic carbocycles. The van der Waals surface area contributed by atoms with Gasteiger partial charge >= 0.3 is 0 Å². The normalized spacial score (nSPS) is 10.4. The number of pyridine rings is 1. The van der Waals surface area contributed by atoms with Crippen LogP contribution in [0.5, 0.6) is 0 Å². The molecule has 0 radical (unpaired) electrons. The lowest BCUT2D eigenvalue weighted by molar-refractivity contribution is -0.117. The average molecular weight is 229 g/mol. The van der Waals surface area contributed by atoms with Crippen LogP contribution in [0.1, 0.15) is 18.1 Å². The first-order chi connectivity index (χ1) is 8.28. The highest BCUT2D eigenvalue weighted by atomic mass is 16.1. The molecule has 0 atom stereocenters. The van der Waals surface area contributed by atoms with Crippen LogP contribution in [0.4, 0.5) is 0 Å². The van der Waals surface area contributed by atoms with Crippen molar-refractivity contribution < 1.29 is 4.79 Å². The molecule has 4 heteroatoms. The van der Waals surface area contributed by atoms with Gasteiger partial charge in [-0.1, -0.05) is 0 Å². The summed E-state index contributed by atoms with van der Waals surface area (Å²) in [5.74, 6) is 0.201. The van der Waals surface area contributed by atoms with E-state index in [1.165, 1.54) is 0 Å². The largest absolute Gasteiger partial charge is 0.299 e. The molecule has 0 spiro atoms. The number of ketones is 1. The molecule has 2 rings (SSSR count). The fourth-order valence-electron chi connectivity index (χ4n) is 1.69. The molecule has 2 aromatic heterocycles. The summed E-state index contributed by atoms with van der Waals surface area (Å²) in [6.07, 6.45) is 8.00. The Hall–Kier alpha value is -1.97. The molecule has 0 aliphatic rings. The van der Waals surface area contributed by atoms with Crippen LogP contribution in [-0.2, 0) is 24.2 Å². The molecular weight excluding hydrogens is 214 g/mol. The second-order valence-corrected chi connectivity index (χ2v) is 3.95. The van der Waals surface area contributed by atoms with Crippen molar-refractivity contribution in [1.82, 2.24) is 14.8 Å². The first kappa shape index (κ1) is 11.5. The van der Waals surface area contributed by atoms with E-state index in [4.69, 9.17) is 0 Å². The zero-order chi connectivity index (χ0) is 12.1. The molecule has 2 heterocycles. The molecule has 2 aromatic rings. The minimum atomic E-state index is 0.201. The highest BCUT2D eigenvalue weighted by molar-refractivity contribution is 5.82. The number of hydrogen-bond donors (Lipinski definition) is 0. The fourth-order valence-corrected chi connectivity index (χ4v) is 1.69. The zero-order valence-corrected chi connectivity index (χ0v) is 9.84. The number of carbonyl (C=O) groups is 1. The Kier molecular flexibility index (Phi) is 3.65. The van der Waals surface area contributed by atoms with Crippen LogP contribution in [0.15, 0.2) is 36.9 Å². The van der Waals surface area contributed by atoms with Crippen molar-refractivity contribution in [2.24, 2.45) is 0 Å². The van der Waals surface area contributed by atoms with Crippen molar-refractivity contribution >= 4 is 5.78 Å². The SMILES string of the molecule is CCn1cc(CC(=O)Cc2ccncc2)cn1. The van der Waals surface area contributed by atoms with Crippen molar-refractivity contribution in [2.45, 2.75) is 26.3 Å². The molecule has 0 saturated heterocycles. The van der Waals surface area contributed by atoms with Crippen LogP contribution in [-0.4, -0.2) is 20.5 Å². The first-order valence-electron chi connectivity index (χ1n) is 5.70. The summed E-state index contributed by atoms with van der Waals surface area (Å²) >= 11 is 0. The minimum Gasteiger partial charge on any atom is -0.299 e. The maximum atomic E-state index is 11.8. The van der Waals surface area contributed by atoms with Gasteiger partial charge in [0, 0.05) is 38.0 Å². The van der Waals surface area contributed by atoms with Crippen LogP contribution < -0.4 is 0 Å². The number of Topliss-reactive ketones (excluding diaryl/α,β-unsaturated/α-hetero) is 1. The summed E-state index contributed by atoms with van der Waals surface area (Å²) in [5, 5.41) is 4.15. The zero-order valence-electron chi connectivity index (χ0n) is 9.84. The second-order valence-electron chi connectivity index (χ2n) is 3.95. The summed E-state index contributed by atoms with van der Waals surface area (Å²) < 4.78 is 1.83. The van der Waals surface area contributed by atoms with E-state index in [9.17, 15) is 4.79 Å². The van der Waals surface area contributed by atoms with Crippen LogP contribution in [0.25, 0.3) is 0 Å². The first-order valence-corrected chi connectivity index (χ1v) is 5.70. The van der Waals surface area contributed by atoms with Gasteiger partial charge in [-0.3, -0.25) is 14.5 Å². The van der Waals surface area contributed by atoms with Gasteiger partial charge in [-0.05, 0) is 30.2 Å². The maximum absolute atomic E-state index is 11.8. The summed E-state index contributed by atoms with van der Waals surface area (Å²) in [4.78, 5) is 15.7. The Morgan fingerprint density at radius 3 is 2.59 bits per heavy atom. The standard InChI is InChI=1S/C13H15N3O/c1-2-16-10-12(9-15-16)8-13(17)7-11-3-5-14-6-4-11/h3-6,9-10H,2,7-8H2,1H3. The molecule has 0 N–H and O–H groups in total. The quantitative estimate of drug-likeness (QED) is 0.783. The van der Waals surface area contributed by atoms with Crippen LogP contribution >= 0.6 is 0 Å². The molecule has 0 amide bonds. The van der Waals surface area contributed by atoms with E-state index in [2.05, 4.69) is 10.1 Å². The van der Waals surface area contributed by atoms with E-state index in [1.54, 1.807) is 18.6 Å². The van der Waals surface area contributed by atoms with Crippen molar-refractivity contribution in [2.75, 3.05) is 0 Å². The van der Waals surface area contributed by atoms with Gasteiger partial charge < -0.3 is 0 Å². The van der Waals surface area contributed by atoms with Gasteiger partial charge in [0.1, 0.15) is 5.78 Å². The maximum Gasteiger partial charge on any atom is 0.141 e. The molecule has 17 heavy (non-hydrogen) atoms. The van der Waals surface area contributed by atoms with Crippen molar-refractivity contribution in [1.29, 1.82) is 0 Å². The second kappa shape index (κ2) is 5.39. The van der Waals surface area contributed by atoms with Gasteiger partial charge in [0.25, 0.3) is 0 Å². The lowest BCUT2D eigenvalue weighted by Gasteiger charge is -1.99. The van der Waals surface area contributed by atoms with Gasteiger partial charge in [0.05, 0.1) is 6.20 Å². The number of nitrogens with zero attached hydrogens (tertiary/aromatic N) is 3. The van der Waals surface area contributed by atoms with Gasteiger partial charge in [-0.25, -0.2) is 0 Å². The van der Waals surface area contributed by atoms with Crippen LogP contribution in [0, 0.1) is 0 Å². The lowest BCUT2D eigenvalue weighted by Crippen LogP contribution is -2.06. The van der Waals surface area contributed by atoms with E-state index in [0.717, 1.165) is 17.7 Å². The van der Waals surface area contributed by atoms with E-state index in [1.807, 2.05) is 29.9 Å². The third-order valence-corrected chi connectivity index (χ3v) is 2.56. The third-order valence-electron chi connectivity index (χ3n) is 2.56. The predicted octanol–water partition coefficient (Wildman–Crippen LogP) is 1.65. The Bertz CT molecular complexity index is 490. The molecule has 88 valence electrons. The molecule has 0 unspecified atom stereocenters. The average Bonchev–Trinajstić information content (AvgIpc) is 2.78. The number of hydrogen-bond acceptors (Lipinski definition) is 3. The molecule has 0 aliphatic heterocycles. The van der Waals surface area contributed by atoms with E-state index >= 15 is 0 Å². The van der Waals surface area contributed by atoms with Crippen LogP contribution in [0.2, 0.25) is 0 Å². The number of rotatable bonds is 5. The lowest BCUT2D eigenvalue weighted by atomic mass is 10.1. The Labute approximate surface area is 100 Å². The Morgan fingerprint density at radius 1 is 1.24 bits per heavy atom. The summed E-state index contributed by atoms with van der Waals surface area (Å²) in [7, 11) is 0. The van der Waals surface area contributed by atoms with Crippen LogP contribution in [0.3, 0.4) is 0 Å². The molecule has 0 saturated carbocycles. The summed E-state index contributed by atoms with van der Waals surface area (Å²) in [6.45, 7) is 2.86. The highest BCUT2D eigenvalue weighted by Gasteiger charge is 2.06. The number of aryl methyl sites for hydroxylation is 1. The van der Waals surface area contributed by atoms with Gasteiger partial charge in [0.15, 0.2) is 0 Å². The highest BCUT2D eigenvalue weighted by Crippen LogP contribution is 2.04. The van der Waals surface area contributed by atoms with E-state index in [0.29, 0.717) is 12.8 Å². The Balaban J connectivity index is 1.93. The van der Waals surface area contributed by atoms with E-state index in [-0.39, 0.29) is 5.78 Å². The summed E-state index contributed by atoms with van der Waals surface area (Å²) in [6, 6.07) is 3.74. The molecule has 0 fully saturated rings. The molecule has 0 aliphatic carbocycles. The third kappa shape index (κ3) is 3.24. The fraction of sp³-hybridized carbons (Fsp3) is 0.308. The van der Waals surface area contributed by atoms with Gasteiger partial charge in [-0.15, -0.1) is 0 Å². The van der Waals surface area contributed by atoms with Gasteiger partial charge in [0.2, 0.25) is 0 Å². The predicted molar refractivity (Wildman–Crippen MR) is 64.6 cm³/mol. The van der Waals surface area contributed by atoms with Crippen molar-refractivity contribution in [3.8, 4) is 0 Å². The molecular formula is C13H15N3O. The topological polar surface area (TPSA) is 47.8 Å². The number of carbonyl (C=O) groups excluding carboxylic acids is 1. The molecule has 0 bridgehead atoms. The smallest absolute Gasteiger partial charge is 0.141 e. The van der Waals surface area contributed by atoms with Gasteiger partial charge in [-0.2, -0.15) is 5.10 Å². The molecule has 4 nitrogen and oxygen atoms in total.